The van der Waals surface area contributed by atoms with Gasteiger partial charge in [0.05, 0.1) is 16.7 Å². The van der Waals surface area contributed by atoms with E-state index in [9.17, 15) is 24.6 Å². The molecule has 0 aromatic heterocycles. The first-order valence-electron chi connectivity index (χ1n) is 11.2. The second kappa shape index (κ2) is 11.6. The predicted octanol–water partition coefficient (Wildman–Crippen LogP) is 2.37. The van der Waals surface area contributed by atoms with Crippen molar-refractivity contribution in [2.75, 3.05) is 6.61 Å². The van der Waals surface area contributed by atoms with Crippen LogP contribution in [0.15, 0.2) is 91.0 Å². The van der Waals surface area contributed by atoms with Crippen molar-refractivity contribution in [3.63, 3.8) is 0 Å². The second-order valence-corrected chi connectivity index (χ2v) is 7.99. The molecule has 3 aromatic rings. The third-order valence-electron chi connectivity index (χ3n) is 5.53. The first kappa shape index (κ1) is 25.1. The molecule has 0 aliphatic carbocycles. The third kappa shape index (κ3) is 5.95. The molecule has 5 atom stereocenters. The Balaban J connectivity index is 1.52. The fraction of sp³-hybridized carbons (Fsp3) is 0.222. The van der Waals surface area contributed by atoms with Crippen molar-refractivity contribution in [1.29, 1.82) is 0 Å². The Morgan fingerprint density at radius 1 is 0.639 bits per heavy atom. The minimum Gasteiger partial charge on any atom is -0.459 e. The molecule has 1 fully saturated rings. The number of benzene rings is 3. The number of carbonyl (C=O) groups is 3. The van der Waals surface area contributed by atoms with E-state index in [1.165, 1.54) is 24.3 Å². The molecule has 1 aliphatic heterocycles. The maximum Gasteiger partial charge on any atom is 0.338 e. The first-order chi connectivity index (χ1) is 17.4. The van der Waals surface area contributed by atoms with Gasteiger partial charge in [-0.15, -0.1) is 0 Å². The van der Waals surface area contributed by atoms with E-state index < -0.39 is 55.2 Å². The Morgan fingerprint density at radius 2 is 1.06 bits per heavy atom. The van der Waals surface area contributed by atoms with Gasteiger partial charge in [-0.05, 0) is 36.4 Å². The molecule has 1 saturated heterocycles. The Hall–Kier alpha value is -4.05. The highest BCUT2D eigenvalue weighted by Crippen LogP contribution is 2.27. The van der Waals surface area contributed by atoms with Gasteiger partial charge < -0.3 is 29.2 Å². The van der Waals surface area contributed by atoms with Crippen molar-refractivity contribution in [2.45, 2.75) is 30.7 Å². The molecule has 4 rings (SSSR count). The Bertz CT molecular complexity index is 1170. The molecule has 0 radical (unpaired) electrons. The molecular weight excluding hydrogens is 468 g/mol. The minimum absolute atomic E-state index is 0.189. The van der Waals surface area contributed by atoms with Gasteiger partial charge >= 0.3 is 17.9 Å². The van der Waals surface area contributed by atoms with Gasteiger partial charge in [0.15, 0.2) is 18.5 Å². The van der Waals surface area contributed by atoms with E-state index >= 15 is 0 Å². The first-order valence-corrected chi connectivity index (χ1v) is 11.2. The van der Waals surface area contributed by atoms with Crippen LogP contribution in [-0.2, 0) is 18.9 Å². The third-order valence-corrected chi connectivity index (χ3v) is 5.53. The lowest BCUT2D eigenvalue weighted by Gasteiger charge is -2.41. The van der Waals surface area contributed by atoms with Crippen LogP contribution in [0, 0.1) is 0 Å². The number of esters is 3. The van der Waals surface area contributed by atoms with Crippen molar-refractivity contribution in [2.24, 2.45) is 0 Å². The summed E-state index contributed by atoms with van der Waals surface area (Å²) in [6, 6.07) is 24.2. The number of hydrogen-bond acceptors (Lipinski definition) is 9. The van der Waals surface area contributed by atoms with Gasteiger partial charge in [-0.2, -0.15) is 0 Å². The van der Waals surface area contributed by atoms with Crippen LogP contribution in [0.1, 0.15) is 31.1 Å². The molecule has 3 aromatic carbocycles. The summed E-state index contributed by atoms with van der Waals surface area (Å²) in [4.78, 5) is 37.6. The molecule has 2 N–H and O–H groups in total. The van der Waals surface area contributed by atoms with Crippen LogP contribution in [-0.4, -0.2) is 65.4 Å². The van der Waals surface area contributed by atoms with E-state index in [1.807, 2.05) is 0 Å². The topological polar surface area (TPSA) is 129 Å². The second-order valence-electron chi connectivity index (χ2n) is 7.99. The zero-order valence-corrected chi connectivity index (χ0v) is 19.0. The molecule has 9 nitrogen and oxygen atoms in total. The summed E-state index contributed by atoms with van der Waals surface area (Å²) in [6.45, 7) is -0.450. The number of carbonyl (C=O) groups excluding carboxylic acids is 3. The molecule has 1 unspecified atom stereocenters. The lowest BCUT2D eigenvalue weighted by molar-refractivity contribution is -0.284. The highest BCUT2D eigenvalue weighted by atomic mass is 16.7. The van der Waals surface area contributed by atoms with E-state index in [1.54, 1.807) is 66.7 Å². The molecule has 9 heteroatoms. The van der Waals surface area contributed by atoms with Crippen LogP contribution in [0.3, 0.4) is 0 Å². The summed E-state index contributed by atoms with van der Waals surface area (Å²) in [7, 11) is 0. The number of aliphatic hydroxyl groups is 2. The van der Waals surface area contributed by atoms with Crippen LogP contribution in [0.2, 0.25) is 0 Å². The molecular formula is C27H24O9. The van der Waals surface area contributed by atoms with Crippen LogP contribution in [0.4, 0.5) is 0 Å². The van der Waals surface area contributed by atoms with Gasteiger partial charge in [0.2, 0.25) is 0 Å². The van der Waals surface area contributed by atoms with Crippen LogP contribution < -0.4 is 0 Å². The molecule has 1 heterocycles. The van der Waals surface area contributed by atoms with Crippen molar-refractivity contribution >= 4 is 17.9 Å². The largest absolute Gasteiger partial charge is 0.459 e. The summed E-state index contributed by atoms with van der Waals surface area (Å²) in [5, 5.41) is 21.5. The van der Waals surface area contributed by atoms with Gasteiger partial charge in [-0.25, -0.2) is 14.4 Å². The van der Waals surface area contributed by atoms with Crippen LogP contribution in [0.5, 0.6) is 0 Å². The molecule has 0 amide bonds. The Labute approximate surface area is 206 Å². The maximum absolute atomic E-state index is 12.7. The fourth-order valence-electron chi connectivity index (χ4n) is 3.66. The fourth-order valence-corrected chi connectivity index (χ4v) is 3.66. The molecule has 0 spiro atoms. The summed E-state index contributed by atoms with van der Waals surface area (Å²) in [5.74, 6) is -2.27. The van der Waals surface area contributed by atoms with Gasteiger partial charge in [0, 0.05) is 0 Å². The summed E-state index contributed by atoms with van der Waals surface area (Å²) >= 11 is 0. The SMILES string of the molecule is O=C(OC[C@H]1OC(O)[C@H](OC(=O)c2ccccc2)[C@H](O)[C@@H]1OC(=O)c1ccccc1)c1ccccc1. The summed E-state index contributed by atoms with van der Waals surface area (Å²) in [5.41, 5.74) is 0.671. The van der Waals surface area contributed by atoms with Gasteiger partial charge in [0.1, 0.15) is 18.8 Å². The average Bonchev–Trinajstić information content (AvgIpc) is 2.92. The smallest absolute Gasteiger partial charge is 0.338 e. The molecule has 186 valence electrons. The Morgan fingerprint density at radius 3 is 1.53 bits per heavy atom. The van der Waals surface area contributed by atoms with E-state index in [0.717, 1.165) is 0 Å². The average molecular weight is 492 g/mol. The quantitative estimate of drug-likeness (QED) is 0.377. The van der Waals surface area contributed by atoms with E-state index in [2.05, 4.69) is 0 Å². The number of aliphatic hydroxyl groups excluding tert-OH is 2. The molecule has 0 saturated carbocycles. The number of ether oxygens (including phenoxy) is 4. The number of hydrogen-bond donors (Lipinski definition) is 2. The lowest BCUT2D eigenvalue weighted by Crippen LogP contribution is -2.61. The standard InChI is InChI=1S/C27H24O9/c28-21-22(35-25(30)18-12-6-2-7-13-18)20(16-33-24(29)17-10-4-1-5-11-17)34-27(32)23(21)36-26(31)19-14-8-3-9-15-19/h1-15,20-23,27-28,32H,16H2/t20-,21-,22-,23-,27?/m1/s1. The zero-order valence-electron chi connectivity index (χ0n) is 19.0. The summed E-state index contributed by atoms with van der Waals surface area (Å²) < 4.78 is 21.6. The van der Waals surface area contributed by atoms with Crippen molar-refractivity contribution in [1.82, 2.24) is 0 Å². The summed E-state index contributed by atoms with van der Waals surface area (Å²) in [6.07, 6.45) is -7.72. The van der Waals surface area contributed by atoms with Gasteiger partial charge in [-0.3, -0.25) is 0 Å². The molecule has 1 aliphatic rings. The van der Waals surface area contributed by atoms with Gasteiger partial charge in [-0.1, -0.05) is 54.6 Å². The van der Waals surface area contributed by atoms with Gasteiger partial charge in [0.25, 0.3) is 0 Å². The normalized spacial score (nSPS) is 23.3. The Kier molecular flexibility index (Phi) is 8.06. The van der Waals surface area contributed by atoms with E-state index in [-0.39, 0.29) is 16.7 Å². The highest BCUT2D eigenvalue weighted by molar-refractivity contribution is 5.90. The van der Waals surface area contributed by atoms with Crippen LogP contribution >= 0.6 is 0 Å². The van der Waals surface area contributed by atoms with Crippen molar-refractivity contribution in [3.05, 3.63) is 108 Å². The minimum atomic E-state index is -1.78. The molecule has 36 heavy (non-hydrogen) atoms. The predicted molar refractivity (Wildman–Crippen MR) is 125 cm³/mol. The lowest BCUT2D eigenvalue weighted by atomic mass is 9.98. The number of rotatable bonds is 7. The molecule has 0 bridgehead atoms. The van der Waals surface area contributed by atoms with Crippen molar-refractivity contribution < 1.29 is 43.5 Å². The van der Waals surface area contributed by atoms with E-state index in [4.69, 9.17) is 18.9 Å². The van der Waals surface area contributed by atoms with Crippen molar-refractivity contribution in [3.8, 4) is 0 Å². The van der Waals surface area contributed by atoms with Crippen LogP contribution in [0.25, 0.3) is 0 Å². The van der Waals surface area contributed by atoms with E-state index in [0.29, 0.717) is 0 Å². The maximum atomic E-state index is 12.7. The monoisotopic (exact) mass is 492 g/mol. The highest BCUT2D eigenvalue weighted by Gasteiger charge is 2.49. The zero-order chi connectivity index (χ0) is 25.5.